The minimum Gasteiger partial charge on any atom is -0.269 e. The topological polar surface area (TPSA) is 44.5 Å². The standard InChI is InChI=1S/C3H11NO2Si/c1-7(2,3)6-5-4/h4H2,1-3H3. The molecule has 0 fully saturated rings. The fraction of sp³-hybridized carbons (Fsp3) is 1.00. The summed E-state index contributed by atoms with van der Waals surface area (Å²) in [6, 6.07) is 0. The van der Waals surface area contributed by atoms with Gasteiger partial charge in [-0.15, -0.1) is 0 Å². The lowest BCUT2D eigenvalue weighted by molar-refractivity contribution is -0.222. The van der Waals surface area contributed by atoms with E-state index >= 15 is 0 Å². The van der Waals surface area contributed by atoms with E-state index in [1.807, 2.05) is 19.6 Å². The zero-order valence-electron chi connectivity index (χ0n) is 4.89. The maximum atomic E-state index is 4.65. The highest BCUT2D eigenvalue weighted by atomic mass is 28.4. The largest absolute Gasteiger partial charge is 0.269 e. The molecule has 0 atom stereocenters. The lowest BCUT2D eigenvalue weighted by Gasteiger charge is -2.10. The molecule has 4 heteroatoms. The zero-order valence-corrected chi connectivity index (χ0v) is 5.89. The Kier molecular flexibility index (Phi) is 2.45. The minimum atomic E-state index is -1.50. The van der Waals surface area contributed by atoms with Crippen LogP contribution in [0.1, 0.15) is 0 Å². The van der Waals surface area contributed by atoms with E-state index in [4.69, 9.17) is 0 Å². The van der Waals surface area contributed by atoms with Gasteiger partial charge in [0.15, 0.2) is 0 Å². The predicted octanol–water partition coefficient (Wildman–Crippen LogP) is 0.643. The maximum Gasteiger partial charge on any atom is 0.232 e. The van der Waals surface area contributed by atoms with Crippen molar-refractivity contribution in [3.8, 4) is 0 Å². The van der Waals surface area contributed by atoms with Crippen molar-refractivity contribution in [2.45, 2.75) is 19.6 Å². The molecule has 0 aliphatic rings. The Morgan fingerprint density at radius 2 is 1.71 bits per heavy atom. The molecule has 0 aromatic rings. The molecule has 44 valence electrons. The molecule has 0 amide bonds. The average molecular weight is 121 g/mol. The Bertz CT molecular complexity index is 51.4. The summed E-state index contributed by atoms with van der Waals surface area (Å²) >= 11 is 0. The van der Waals surface area contributed by atoms with E-state index in [-0.39, 0.29) is 0 Å². The Labute approximate surface area is 44.4 Å². The van der Waals surface area contributed by atoms with Crippen molar-refractivity contribution in [3.63, 3.8) is 0 Å². The number of hydrogen-bond donors (Lipinski definition) is 1. The molecule has 0 bridgehead atoms. The van der Waals surface area contributed by atoms with Gasteiger partial charge in [0.05, 0.1) is 0 Å². The van der Waals surface area contributed by atoms with E-state index in [2.05, 4.69) is 15.5 Å². The minimum absolute atomic E-state index is 1.50. The second-order valence-corrected chi connectivity index (χ2v) is 6.68. The molecule has 0 aromatic heterocycles. The van der Waals surface area contributed by atoms with Crippen LogP contribution in [0.15, 0.2) is 0 Å². The highest BCUT2D eigenvalue weighted by molar-refractivity contribution is 6.69. The highest BCUT2D eigenvalue weighted by Crippen LogP contribution is 1.99. The van der Waals surface area contributed by atoms with Crippen molar-refractivity contribution in [3.05, 3.63) is 0 Å². The van der Waals surface area contributed by atoms with Gasteiger partial charge in [-0.25, -0.2) is 0 Å². The van der Waals surface area contributed by atoms with Gasteiger partial charge in [0.1, 0.15) is 0 Å². The van der Waals surface area contributed by atoms with Crippen LogP contribution >= 0.6 is 0 Å². The Hall–Kier alpha value is 0.0969. The van der Waals surface area contributed by atoms with Crippen molar-refractivity contribution in [1.29, 1.82) is 0 Å². The zero-order chi connectivity index (χ0) is 5.91. The lowest BCUT2D eigenvalue weighted by Crippen LogP contribution is -2.26. The quantitative estimate of drug-likeness (QED) is 0.331. The summed E-state index contributed by atoms with van der Waals surface area (Å²) in [6.45, 7) is 5.96. The number of nitrogens with two attached hydrogens (primary N) is 1. The summed E-state index contributed by atoms with van der Waals surface area (Å²) in [5.74, 6) is 4.63. The molecule has 0 saturated heterocycles. The smallest absolute Gasteiger partial charge is 0.232 e. The van der Waals surface area contributed by atoms with E-state index in [9.17, 15) is 0 Å². The Morgan fingerprint density at radius 1 is 1.29 bits per heavy atom. The van der Waals surface area contributed by atoms with Crippen LogP contribution in [0, 0.1) is 0 Å². The lowest BCUT2D eigenvalue weighted by atomic mass is 11.8. The summed E-state index contributed by atoms with van der Waals surface area (Å²) in [6.07, 6.45) is 0. The Balaban J connectivity index is 3.15. The fourth-order valence-electron chi connectivity index (χ4n) is 0.144. The average Bonchev–Trinajstić information content (AvgIpc) is 1.30. The second kappa shape index (κ2) is 2.42. The van der Waals surface area contributed by atoms with E-state index in [1.165, 1.54) is 0 Å². The van der Waals surface area contributed by atoms with Gasteiger partial charge in [0.25, 0.3) is 0 Å². The molecular weight excluding hydrogens is 110 g/mol. The van der Waals surface area contributed by atoms with Gasteiger partial charge < -0.3 is 0 Å². The van der Waals surface area contributed by atoms with Gasteiger partial charge in [-0.05, 0) is 19.6 Å². The van der Waals surface area contributed by atoms with Crippen molar-refractivity contribution in [2.75, 3.05) is 0 Å². The molecule has 0 rings (SSSR count). The summed E-state index contributed by atoms with van der Waals surface area (Å²) < 4.78 is 4.65. The number of rotatable bonds is 2. The van der Waals surface area contributed by atoms with Crippen molar-refractivity contribution < 1.29 is 9.57 Å². The van der Waals surface area contributed by atoms with E-state index < -0.39 is 8.32 Å². The van der Waals surface area contributed by atoms with Crippen molar-refractivity contribution in [1.82, 2.24) is 0 Å². The third-order valence-electron chi connectivity index (χ3n) is 0.298. The van der Waals surface area contributed by atoms with Gasteiger partial charge >= 0.3 is 0 Å². The third kappa shape index (κ3) is 6.10. The van der Waals surface area contributed by atoms with Crippen LogP contribution in [0.25, 0.3) is 0 Å². The van der Waals surface area contributed by atoms with E-state index in [0.29, 0.717) is 0 Å². The molecule has 3 nitrogen and oxygen atoms in total. The molecule has 0 aliphatic carbocycles. The summed E-state index contributed by atoms with van der Waals surface area (Å²) in [5, 5.41) is 0. The molecule has 0 spiro atoms. The van der Waals surface area contributed by atoms with Gasteiger partial charge in [-0.3, -0.25) is 4.58 Å². The molecule has 7 heavy (non-hydrogen) atoms. The maximum absolute atomic E-state index is 4.65. The SMILES string of the molecule is C[Si](C)(C)OON. The molecule has 2 N–H and O–H groups in total. The fourth-order valence-corrected chi connectivity index (χ4v) is 0.433. The van der Waals surface area contributed by atoms with Crippen LogP contribution in [-0.2, 0) is 9.57 Å². The van der Waals surface area contributed by atoms with Crippen molar-refractivity contribution >= 4 is 8.32 Å². The molecule has 0 aliphatic heterocycles. The van der Waals surface area contributed by atoms with Crippen LogP contribution in [-0.4, -0.2) is 8.32 Å². The highest BCUT2D eigenvalue weighted by Gasteiger charge is 2.14. The molecule has 0 radical (unpaired) electrons. The van der Waals surface area contributed by atoms with Gasteiger partial charge in [-0.2, -0.15) is 10.9 Å². The Morgan fingerprint density at radius 3 is 1.71 bits per heavy atom. The van der Waals surface area contributed by atoms with Crippen LogP contribution in [0.4, 0.5) is 0 Å². The molecular formula is C3H11NO2Si. The van der Waals surface area contributed by atoms with E-state index in [1.54, 1.807) is 0 Å². The first-order chi connectivity index (χ1) is 3.06. The summed E-state index contributed by atoms with van der Waals surface area (Å²) in [7, 11) is -1.50. The molecule has 0 heterocycles. The monoisotopic (exact) mass is 121 g/mol. The van der Waals surface area contributed by atoms with Gasteiger partial charge in [-0.1, -0.05) is 0 Å². The van der Waals surface area contributed by atoms with Gasteiger partial charge in [0, 0.05) is 0 Å². The molecule has 0 unspecified atom stereocenters. The first-order valence-electron chi connectivity index (χ1n) is 2.11. The van der Waals surface area contributed by atoms with Crippen molar-refractivity contribution in [2.24, 2.45) is 5.90 Å². The first kappa shape index (κ1) is 7.10. The third-order valence-corrected chi connectivity index (χ3v) is 0.894. The normalized spacial score (nSPS) is 12.0. The number of hydrogen-bond acceptors (Lipinski definition) is 3. The molecule has 0 aromatic carbocycles. The van der Waals surface area contributed by atoms with Crippen LogP contribution in [0.2, 0.25) is 19.6 Å². The van der Waals surface area contributed by atoms with Crippen LogP contribution in [0.5, 0.6) is 0 Å². The predicted molar refractivity (Wildman–Crippen MR) is 29.7 cm³/mol. The first-order valence-corrected chi connectivity index (χ1v) is 5.51. The van der Waals surface area contributed by atoms with Crippen LogP contribution < -0.4 is 5.90 Å². The van der Waals surface area contributed by atoms with E-state index in [0.717, 1.165) is 0 Å². The van der Waals surface area contributed by atoms with Crippen LogP contribution in [0.3, 0.4) is 0 Å². The second-order valence-electron chi connectivity index (χ2n) is 2.29. The van der Waals surface area contributed by atoms with Gasteiger partial charge in [0.2, 0.25) is 8.32 Å². The molecule has 0 saturated carbocycles. The summed E-state index contributed by atoms with van der Waals surface area (Å²) in [4.78, 5) is 3.97. The summed E-state index contributed by atoms with van der Waals surface area (Å²) in [5.41, 5.74) is 0.